The molecule has 1 aromatic carbocycles. The zero-order valence-corrected chi connectivity index (χ0v) is 12.7. The molecule has 1 aromatic rings. The molecule has 0 aromatic heterocycles. The largest absolute Gasteiger partial charge is 0.380 e. The van der Waals surface area contributed by atoms with Gasteiger partial charge in [-0.25, -0.2) is 0 Å². The van der Waals surface area contributed by atoms with E-state index in [9.17, 15) is 0 Å². The summed E-state index contributed by atoms with van der Waals surface area (Å²) in [7, 11) is 1.86. The molecule has 0 radical (unpaired) electrons. The standard InChI is InChI=1S/C17H27NO/c1-5-18-16(17(19-4)14-9-10-14)11-15-12(2)7-6-8-13(15)3/h6-8,14,16-18H,5,9-11H2,1-4H3. The molecule has 2 atom stereocenters. The number of methoxy groups -OCH3 is 1. The van der Waals surface area contributed by atoms with Crippen LogP contribution >= 0.6 is 0 Å². The van der Waals surface area contributed by atoms with E-state index in [-0.39, 0.29) is 0 Å². The van der Waals surface area contributed by atoms with Crippen molar-refractivity contribution in [1.29, 1.82) is 0 Å². The Morgan fingerprint density at radius 2 is 1.89 bits per heavy atom. The fourth-order valence-electron chi connectivity index (χ4n) is 3.07. The molecule has 1 saturated carbocycles. The quantitative estimate of drug-likeness (QED) is 0.813. The Morgan fingerprint density at radius 3 is 2.37 bits per heavy atom. The zero-order chi connectivity index (χ0) is 13.8. The van der Waals surface area contributed by atoms with Gasteiger partial charge in [-0.1, -0.05) is 25.1 Å². The number of benzene rings is 1. The first kappa shape index (κ1) is 14.5. The van der Waals surface area contributed by atoms with Crippen LogP contribution < -0.4 is 5.32 Å². The van der Waals surface area contributed by atoms with Crippen LogP contribution in [-0.2, 0) is 11.2 Å². The van der Waals surface area contributed by atoms with Gasteiger partial charge in [-0.3, -0.25) is 0 Å². The molecule has 2 heteroatoms. The second-order valence-electron chi connectivity index (χ2n) is 5.78. The number of ether oxygens (including phenoxy) is 1. The molecule has 1 aliphatic rings. The molecule has 0 spiro atoms. The second-order valence-corrected chi connectivity index (χ2v) is 5.78. The first-order chi connectivity index (χ1) is 9.17. The van der Waals surface area contributed by atoms with Gasteiger partial charge in [-0.15, -0.1) is 0 Å². The van der Waals surface area contributed by atoms with Crippen LogP contribution in [0, 0.1) is 19.8 Å². The summed E-state index contributed by atoms with van der Waals surface area (Å²) in [6.45, 7) is 7.61. The van der Waals surface area contributed by atoms with Gasteiger partial charge in [0.25, 0.3) is 0 Å². The molecule has 0 bridgehead atoms. The maximum Gasteiger partial charge on any atom is 0.0755 e. The molecule has 2 unspecified atom stereocenters. The van der Waals surface area contributed by atoms with Crippen molar-refractivity contribution in [2.45, 2.75) is 52.2 Å². The fraction of sp³-hybridized carbons (Fsp3) is 0.647. The minimum Gasteiger partial charge on any atom is -0.380 e. The Bertz CT molecular complexity index is 391. The second kappa shape index (κ2) is 6.53. The van der Waals surface area contributed by atoms with E-state index < -0.39 is 0 Å². The molecule has 1 N–H and O–H groups in total. The molecule has 1 fully saturated rings. The highest BCUT2D eigenvalue weighted by molar-refractivity contribution is 5.34. The summed E-state index contributed by atoms with van der Waals surface area (Å²) in [6, 6.07) is 7.00. The lowest BCUT2D eigenvalue weighted by molar-refractivity contribution is 0.0515. The van der Waals surface area contributed by atoms with Crippen molar-refractivity contribution < 1.29 is 4.74 Å². The van der Waals surface area contributed by atoms with E-state index in [2.05, 4.69) is 44.3 Å². The van der Waals surface area contributed by atoms with Crippen LogP contribution in [0.3, 0.4) is 0 Å². The van der Waals surface area contributed by atoms with E-state index in [0.29, 0.717) is 12.1 Å². The van der Waals surface area contributed by atoms with E-state index in [1.54, 1.807) is 0 Å². The summed E-state index contributed by atoms with van der Waals surface area (Å²) in [5.41, 5.74) is 4.28. The molecule has 0 aliphatic heterocycles. The molecule has 2 nitrogen and oxygen atoms in total. The lowest BCUT2D eigenvalue weighted by Crippen LogP contribution is -2.44. The lowest BCUT2D eigenvalue weighted by Gasteiger charge is -2.28. The monoisotopic (exact) mass is 261 g/mol. The third-order valence-electron chi connectivity index (χ3n) is 4.29. The van der Waals surface area contributed by atoms with Gasteiger partial charge >= 0.3 is 0 Å². The van der Waals surface area contributed by atoms with E-state index in [1.807, 2.05) is 7.11 Å². The Labute approximate surface area is 117 Å². The molecular formula is C17H27NO. The average Bonchev–Trinajstić information content (AvgIpc) is 3.19. The van der Waals surface area contributed by atoms with E-state index in [1.165, 1.54) is 29.5 Å². The summed E-state index contributed by atoms with van der Waals surface area (Å²) in [5.74, 6) is 0.762. The van der Waals surface area contributed by atoms with Crippen LogP contribution in [0.4, 0.5) is 0 Å². The SMILES string of the molecule is CCNC(Cc1c(C)cccc1C)C(OC)C1CC1. The van der Waals surface area contributed by atoms with Crippen LogP contribution in [0.5, 0.6) is 0 Å². The van der Waals surface area contributed by atoms with Crippen molar-refractivity contribution in [2.75, 3.05) is 13.7 Å². The zero-order valence-electron chi connectivity index (χ0n) is 12.7. The molecule has 106 valence electrons. The maximum atomic E-state index is 5.78. The third kappa shape index (κ3) is 3.58. The Balaban J connectivity index is 2.15. The number of rotatable bonds is 7. The highest BCUT2D eigenvalue weighted by Gasteiger charge is 2.36. The highest BCUT2D eigenvalue weighted by atomic mass is 16.5. The van der Waals surface area contributed by atoms with Crippen molar-refractivity contribution in [1.82, 2.24) is 5.32 Å². The van der Waals surface area contributed by atoms with E-state index >= 15 is 0 Å². The number of aryl methyl sites for hydroxylation is 2. The van der Waals surface area contributed by atoms with E-state index in [0.717, 1.165) is 18.9 Å². The minimum atomic E-state index is 0.360. The van der Waals surface area contributed by atoms with Crippen LogP contribution in [0.2, 0.25) is 0 Å². The van der Waals surface area contributed by atoms with Gasteiger partial charge in [-0.05, 0) is 62.3 Å². The summed E-state index contributed by atoms with van der Waals surface area (Å²) < 4.78 is 5.78. The van der Waals surface area contributed by atoms with Gasteiger partial charge in [-0.2, -0.15) is 0 Å². The Morgan fingerprint density at radius 1 is 1.26 bits per heavy atom. The number of nitrogens with one attached hydrogen (secondary N) is 1. The van der Waals surface area contributed by atoms with Crippen molar-refractivity contribution in [3.05, 3.63) is 34.9 Å². The summed E-state index contributed by atoms with van der Waals surface area (Å²) >= 11 is 0. The van der Waals surface area contributed by atoms with Gasteiger partial charge in [0.15, 0.2) is 0 Å². The van der Waals surface area contributed by atoms with Gasteiger partial charge < -0.3 is 10.1 Å². The molecule has 1 aliphatic carbocycles. The molecule has 0 saturated heterocycles. The van der Waals surface area contributed by atoms with Crippen molar-refractivity contribution >= 4 is 0 Å². The Kier molecular flexibility index (Phi) is 5.00. The van der Waals surface area contributed by atoms with Gasteiger partial charge in [0.05, 0.1) is 6.10 Å². The first-order valence-corrected chi connectivity index (χ1v) is 7.48. The van der Waals surface area contributed by atoms with Crippen LogP contribution in [0.25, 0.3) is 0 Å². The smallest absolute Gasteiger partial charge is 0.0755 e. The number of hydrogen-bond acceptors (Lipinski definition) is 2. The van der Waals surface area contributed by atoms with Crippen molar-refractivity contribution in [2.24, 2.45) is 5.92 Å². The molecule has 2 rings (SSSR count). The predicted octanol–water partition coefficient (Wildman–Crippen LogP) is 3.25. The fourth-order valence-corrected chi connectivity index (χ4v) is 3.07. The maximum absolute atomic E-state index is 5.78. The summed E-state index contributed by atoms with van der Waals surface area (Å²) in [4.78, 5) is 0. The van der Waals surface area contributed by atoms with Gasteiger partial charge in [0, 0.05) is 13.2 Å². The van der Waals surface area contributed by atoms with Crippen molar-refractivity contribution in [3.8, 4) is 0 Å². The normalized spacial score (nSPS) is 18.3. The lowest BCUT2D eigenvalue weighted by atomic mass is 9.92. The predicted molar refractivity (Wildman–Crippen MR) is 80.6 cm³/mol. The third-order valence-corrected chi connectivity index (χ3v) is 4.29. The molecule has 0 heterocycles. The molecule has 0 amide bonds. The number of hydrogen-bond donors (Lipinski definition) is 1. The first-order valence-electron chi connectivity index (χ1n) is 7.48. The van der Waals surface area contributed by atoms with Crippen molar-refractivity contribution in [3.63, 3.8) is 0 Å². The Hall–Kier alpha value is -0.860. The summed E-state index contributed by atoms with van der Waals surface area (Å²) in [6.07, 6.45) is 4.08. The molecule has 19 heavy (non-hydrogen) atoms. The molecular weight excluding hydrogens is 234 g/mol. The van der Waals surface area contributed by atoms with E-state index in [4.69, 9.17) is 4.74 Å². The van der Waals surface area contributed by atoms with Crippen LogP contribution in [0.15, 0.2) is 18.2 Å². The summed E-state index contributed by atoms with van der Waals surface area (Å²) in [5, 5.41) is 3.63. The average molecular weight is 261 g/mol. The van der Waals surface area contributed by atoms with Crippen LogP contribution in [0.1, 0.15) is 36.5 Å². The minimum absolute atomic E-state index is 0.360. The number of likely N-dealkylation sites (N-methyl/N-ethyl adjacent to an activating group) is 1. The van der Waals surface area contributed by atoms with Gasteiger partial charge in [0.2, 0.25) is 0 Å². The highest BCUT2D eigenvalue weighted by Crippen LogP contribution is 2.36. The van der Waals surface area contributed by atoms with Crippen LogP contribution in [-0.4, -0.2) is 25.8 Å². The van der Waals surface area contributed by atoms with Gasteiger partial charge in [0.1, 0.15) is 0 Å². The topological polar surface area (TPSA) is 21.3 Å².